The zero-order chi connectivity index (χ0) is 11.4. The number of carbonyl (C=O) groups excluding carboxylic acids is 1. The lowest BCUT2D eigenvalue weighted by atomic mass is 10.1. The van der Waals surface area contributed by atoms with E-state index >= 15 is 0 Å². The normalized spacial score (nSPS) is 10.1. The molecule has 0 fully saturated rings. The highest BCUT2D eigenvalue weighted by Gasteiger charge is 2.06. The maximum atomic E-state index is 11.5. The molecule has 0 aliphatic heterocycles. The van der Waals surface area contributed by atoms with Gasteiger partial charge in [0.25, 0.3) is 0 Å². The molecule has 3 nitrogen and oxygen atoms in total. The lowest BCUT2D eigenvalue weighted by molar-refractivity contribution is 0.0983. The molecule has 0 bridgehead atoms. The third kappa shape index (κ3) is 2.14. The fraction of sp³-hybridized carbons (Fsp3) is 0.154. The molecule has 1 aromatic heterocycles. The topological polar surface area (TPSA) is 42.9 Å². The van der Waals surface area contributed by atoms with E-state index < -0.39 is 0 Å². The SMILES string of the molecule is CCC(=O)c1cc(-c2ccccc2)ncn1. The van der Waals surface area contributed by atoms with Crippen LogP contribution in [0, 0.1) is 0 Å². The van der Waals surface area contributed by atoms with Crippen molar-refractivity contribution in [2.24, 2.45) is 0 Å². The molecule has 80 valence electrons. The Balaban J connectivity index is 2.40. The predicted molar refractivity (Wildman–Crippen MR) is 62.1 cm³/mol. The fourth-order valence-corrected chi connectivity index (χ4v) is 1.46. The number of nitrogens with zero attached hydrogens (tertiary/aromatic N) is 2. The first-order valence-electron chi connectivity index (χ1n) is 5.22. The average molecular weight is 212 g/mol. The van der Waals surface area contributed by atoms with Crippen LogP contribution in [-0.4, -0.2) is 15.8 Å². The number of ketones is 1. The minimum absolute atomic E-state index is 0.0413. The molecule has 0 atom stereocenters. The van der Waals surface area contributed by atoms with Crippen molar-refractivity contribution >= 4 is 5.78 Å². The maximum absolute atomic E-state index is 11.5. The van der Waals surface area contributed by atoms with E-state index in [1.54, 1.807) is 6.07 Å². The van der Waals surface area contributed by atoms with Crippen LogP contribution >= 0.6 is 0 Å². The molecule has 0 aliphatic rings. The smallest absolute Gasteiger partial charge is 0.181 e. The van der Waals surface area contributed by atoms with Crippen molar-refractivity contribution in [1.82, 2.24) is 9.97 Å². The van der Waals surface area contributed by atoms with Gasteiger partial charge in [-0.1, -0.05) is 37.3 Å². The van der Waals surface area contributed by atoms with Gasteiger partial charge in [0.05, 0.1) is 5.69 Å². The first kappa shape index (κ1) is 10.5. The van der Waals surface area contributed by atoms with Crippen molar-refractivity contribution in [3.8, 4) is 11.3 Å². The second-order valence-electron chi connectivity index (χ2n) is 3.43. The highest BCUT2D eigenvalue weighted by Crippen LogP contribution is 2.16. The number of Topliss-reactive ketones (excluding diaryl/α,β-unsaturated/α-hetero) is 1. The molecular weight excluding hydrogens is 200 g/mol. The van der Waals surface area contributed by atoms with Crippen molar-refractivity contribution in [3.63, 3.8) is 0 Å². The Morgan fingerprint density at radius 3 is 2.62 bits per heavy atom. The first-order chi connectivity index (χ1) is 7.81. The first-order valence-corrected chi connectivity index (χ1v) is 5.22. The summed E-state index contributed by atoms with van der Waals surface area (Å²) in [7, 11) is 0. The largest absolute Gasteiger partial charge is 0.292 e. The summed E-state index contributed by atoms with van der Waals surface area (Å²) in [6, 6.07) is 11.5. The molecule has 2 rings (SSSR count). The van der Waals surface area contributed by atoms with Crippen LogP contribution in [0.25, 0.3) is 11.3 Å². The van der Waals surface area contributed by atoms with Crippen LogP contribution in [0.4, 0.5) is 0 Å². The molecule has 0 amide bonds. The van der Waals surface area contributed by atoms with Gasteiger partial charge >= 0.3 is 0 Å². The Hall–Kier alpha value is -2.03. The van der Waals surface area contributed by atoms with Crippen LogP contribution in [0.3, 0.4) is 0 Å². The van der Waals surface area contributed by atoms with Crippen LogP contribution in [0.2, 0.25) is 0 Å². The second kappa shape index (κ2) is 4.66. The number of rotatable bonds is 3. The Morgan fingerprint density at radius 2 is 1.94 bits per heavy atom. The van der Waals surface area contributed by atoms with Crippen LogP contribution in [0.15, 0.2) is 42.7 Å². The summed E-state index contributed by atoms with van der Waals surface area (Å²) >= 11 is 0. The van der Waals surface area contributed by atoms with E-state index in [0.717, 1.165) is 11.3 Å². The highest BCUT2D eigenvalue weighted by atomic mass is 16.1. The Kier molecular flexibility index (Phi) is 3.05. The molecule has 1 aromatic carbocycles. The summed E-state index contributed by atoms with van der Waals surface area (Å²) in [6.45, 7) is 1.83. The van der Waals surface area contributed by atoms with E-state index in [1.807, 2.05) is 37.3 Å². The van der Waals surface area contributed by atoms with Crippen LogP contribution in [0.1, 0.15) is 23.8 Å². The summed E-state index contributed by atoms with van der Waals surface area (Å²) in [4.78, 5) is 19.6. The number of hydrogen-bond donors (Lipinski definition) is 0. The maximum Gasteiger partial charge on any atom is 0.181 e. The summed E-state index contributed by atoms with van der Waals surface area (Å²) in [5.74, 6) is 0.0413. The minimum Gasteiger partial charge on any atom is -0.292 e. The lowest BCUT2D eigenvalue weighted by Gasteiger charge is -2.01. The van der Waals surface area contributed by atoms with Crippen molar-refractivity contribution in [2.75, 3.05) is 0 Å². The molecule has 0 saturated carbocycles. The lowest BCUT2D eigenvalue weighted by Crippen LogP contribution is -2.01. The zero-order valence-corrected chi connectivity index (χ0v) is 9.05. The molecule has 2 aromatic rings. The summed E-state index contributed by atoms with van der Waals surface area (Å²) in [5.41, 5.74) is 2.26. The minimum atomic E-state index is 0.0413. The molecule has 16 heavy (non-hydrogen) atoms. The number of carbonyl (C=O) groups is 1. The van der Waals surface area contributed by atoms with Crippen molar-refractivity contribution in [3.05, 3.63) is 48.4 Å². The monoisotopic (exact) mass is 212 g/mol. The van der Waals surface area contributed by atoms with E-state index in [0.29, 0.717) is 12.1 Å². The standard InChI is InChI=1S/C13H12N2O/c1-2-13(16)12-8-11(14-9-15-12)10-6-4-3-5-7-10/h3-9H,2H2,1H3. The third-order valence-electron chi connectivity index (χ3n) is 2.34. The van der Waals surface area contributed by atoms with Crippen LogP contribution < -0.4 is 0 Å². The Morgan fingerprint density at radius 1 is 1.19 bits per heavy atom. The summed E-state index contributed by atoms with van der Waals surface area (Å²) in [5, 5.41) is 0. The van der Waals surface area contributed by atoms with Gasteiger partial charge in [-0.15, -0.1) is 0 Å². The summed E-state index contributed by atoms with van der Waals surface area (Å²) < 4.78 is 0. The van der Waals surface area contributed by atoms with Gasteiger partial charge in [0.2, 0.25) is 0 Å². The van der Waals surface area contributed by atoms with E-state index in [4.69, 9.17) is 0 Å². The van der Waals surface area contributed by atoms with E-state index in [1.165, 1.54) is 6.33 Å². The number of benzene rings is 1. The average Bonchev–Trinajstić information content (AvgIpc) is 2.39. The van der Waals surface area contributed by atoms with Gasteiger partial charge in [-0.05, 0) is 6.07 Å². The van der Waals surface area contributed by atoms with Gasteiger partial charge in [0, 0.05) is 12.0 Å². The van der Waals surface area contributed by atoms with Crippen molar-refractivity contribution in [1.29, 1.82) is 0 Å². The van der Waals surface area contributed by atoms with Crippen molar-refractivity contribution < 1.29 is 4.79 Å². The highest BCUT2D eigenvalue weighted by molar-refractivity contribution is 5.94. The molecule has 0 N–H and O–H groups in total. The zero-order valence-electron chi connectivity index (χ0n) is 9.05. The number of hydrogen-bond acceptors (Lipinski definition) is 3. The van der Waals surface area contributed by atoms with Gasteiger partial charge < -0.3 is 0 Å². The molecule has 0 saturated heterocycles. The van der Waals surface area contributed by atoms with Crippen molar-refractivity contribution in [2.45, 2.75) is 13.3 Å². The van der Waals surface area contributed by atoms with Gasteiger partial charge in [-0.25, -0.2) is 9.97 Å². The molecule has 0 unspecified atom stereocenters. The van der Waals surface area contributed by atoms with E-state index in [9.17, 15) is 4.79 Å². The van der Waals surface area contributed by atoms with Crippen LogP contribution in [-0.2, 0) is 0 Å². The van der Waals surface area contributed by atoms with Gasteiger partial charge in [-0.2, -0.15) is 0 Å². The Labute approximate surface area is 94.2 Å². The predicted octanol–water partition coefficient (Wildman–Crippen LogP) is 2.74. The number of aromatic nitrogens is 2. The molecule has 3 heteroatoms. The molecule has 1 heterocycles. The Bertz CT molecular complexity index is 494. The quantitative estimate of drug-likeness (QED) is 0.735. The van der Waals surface area contributed by atoms with Gasteiger partial charge in [0.15, 0.2) is 5.78 Å². The van der Waals surface area contributed by atoms with Crippen LogP contribution in [0.5, 0.6) is 0 Å². The second-order valence-corrected chi connectivity index (χ2v) is 3.43. The molecular formula is C13H12N2O. The van der Waals surface area contributed by atoms with E-state index in [-0.39, 0.29) is 5.78 Å². The molecule has 0 aliphatic carbocycles. The van der Waals surface area contributed by atoms with Gasteiger partial charge in [-0.3, -0.25) is 4.79 Å². The summed E-state index contributed by atoms with van der Waals surface area (Å²) in [6.07, 6.45) is 1.90. The molecule has 0 radical (unpaired) electrons. The third-order valence-corrected chi connectivity index (χ3v) is 2.34. The van der Waals surface area contributed by atoms with E-state index in [2.05, 4.69) is 9.97 Å². The van der Waals surface area contributed by atoms with Gasteiger partial charge in [0.1, 0.15) is 12.0 Å². The fourth-order valence-electron chi connectivity index (χ4n) is 1.46. The molecule has 0 spiro atoms.